The average molecular weight is 359 g/mol. The first-order valence-corrected chi connectivity index (χ1v) is 7.11. The highest BCUT2D eigenvalue weighted by molar-refractivity contribution is 9.10. The number of aromatic nitrogens is 3. The van der Waals surface area contributed by atoms with E-state index in [1.807, 2.05) is 0 Å². The summed E-state index contributed by atoms with van der Waals surface area (Å²) in [6, 6.07) is 0. The van der Waals surface area contributed by atoms with Crippen LogP contribution in [0.3, 0.4) is 0 Å². The number of hydrogen-bond donors (Lipinski definition) is 3. The second-order valence-electron chi connectivity index (χ2n) is 4.84. The van der Waals surface area contributed by atoms with Crippen molar-refractivity contribution in [3.05, 3.63) is 17.0 Å². The Hall–Kier alpha value is -1.26. The third kappa shape index (κ3) is 2.30. The molecule has 9 heteroatoms. The molecule has 1 aliphatic heterocycles. The molecule has 8 nitrogen and oxygen atoms in total. The lowest BCUT2D eigenvalue weighted by Gasteiger charge is -2.17. The van der Waals surface area contributed by atoms with Crippen molar-refractivity contribution in [3.63, 3.8) is 0 Å². The van der Waals surface area contributed by atoms with E-state index in [0.29, 0.717) is 21.3 Å². The standard InChI is InChI=1S/C12H15BrN4O4/c1-20-3-6-8(18)9(19)12(21-6)17-2-5(13)7-10(14)15-4-16-11(7)17/h2,4,6,8-9,12,18-19H,3H2,1H3,(H2,14,15,16)/t6-,8+,9+,12-/m1/s1. The summed E-state index contributed by atoms with van der Waals surface area (Å²) < 4.78 is 13.0. The molecule has 114 valence electrons. The molecule has 0 unspecified atom stereocenters. The number of hydrogen-bond acceptors (Lipinski definition) is 7. The summed E-state index contributed by atoms with van der Waals surface area (Å²) in [4.78, 5) is 8.11. The van der Waals surface area contributed by atoms with Gasteiger partial charge in [0.15, 0.2) is 6.23 Å². The second kappa shape index (κ2) is 5.50. The summed E-state index contributed by atoms with van der Waals surface area (Å²) in [5.74, 6) is 0.326. The fourth-order valence-corrected chi connectivity index (χ4v) is 3.12. The Bertz CT molecular complexity index is 664. The lowest BCUT2D eigenvalue weighted by atomic mass is 10.1. The Kier molecular flexibility index (Phi) is 3.84. The van der Waals surface area contributed by atoms with Crippen molar-refractivity contribution in [1.82, 2.24) is 14.5 Å². The molecule has 4 atom stereocenters. The summed E-state index contributed by atoms with van der Waals surface area (Å²) >= 11 is 3.39. The minimum absolute atomic E-state index is 0.187. The van der Waals surface area contributed by atoms with Crippen molar-refractivity contribution in [3.8, 4) is 0 Å². The zero-order valence-corrected chi connectivity index (χ0v) is 12.8. The maximum absolute atomic E-state index is 10.2. The van der Waals surface area contributed by atoms with E-state index in [0.717, 1.165) is 0 Å². The number of aliphatic hydroxyl groups is 2. The lowest BCUT2D eigenvalue weighted by molar-refractivity contribution is -0.0578. The van der Waals surface area contributed by atoms with Crippen LogP contribution < -0.4 is 5.73 Å². The number of methoxy groups -OCH3 is 1. The minimum atomic E-state index is -1.09. The number of nitrogens with two attached hydrogens (primary N) is 1. The van der Waals surface area contributed by atoms with Gasteiger partial charge < -0.3 is 30.0 Å². The molecule has 3 heterocycles. The number of aliphatic hydroxyl groups excluding tert-OH is 2. The van der Waals surface area contributed by atoms with Crippen molar-refractivity contribution in [2.24, 2.45) is 0 Å². The van der Waals surface area contributed by atoms with E-state index in [1.165, 1.54) is 13.4 Å². The molecular weight excluding hydrogens is 344 g/mol. The van der Waals surface area contributed by atoms with Gasteiger partial charge in [0.05, 0.1) is 12.0 Å². The molecule has 0 aliphatic carbocycles. The molecule has 3 rings (SSSR count). The van der Waals surface area contributed by atoms with Gasteiger partial charge in [-0.1, -0.05) is 0 Å². The van der Waals surface area contributed by atoms with Gasteiger partial charge in [-0.3, -0.25) is 0 Å². The molecule has 21 heavy (non-hydrogen) atoms. The van der Waals surface area contributed by atoms with Gasteiger partial charge in [-0.15, -0.1) is 0 Å². The first-order chi connectivity index (χ1) is 10.0. The van der Waals surface area contributed by atoms with Gasteiger partial charge in [0, 0.05) is 17.8 Å². The molecule has 2 aromatic rings. The first kappa shape index (κ1) is 14.7. The van der Waals surface area contributed by atoms with Crippen LogP contribution in [-0.4, -0.2) is 56.8 Å². The molecule has 0 spiro atoms. The fourth-order valence-electron chi connectivity index (χ4n) is 2.52. The maximum atomic E-state index is 10.2. The van der Waals surface area contributed by atoms with E-state index in [9.17, 15) is 10.2 Å². The number of anilines is 1. The molecule has 4 N–H and O–H groups in total. The molecule has 0 bridgehead atoms. The fraction of sp³-hybridized carbons (Fsp3) is 0.500. The molecule has 2 aromatic heterocycles. The Labute approximate surface area is 128 Å². The van der Waals surface area contributed by atoms with Crippen LogP contribution in [0.4, 0.5) is 5.82 Å². The lowest BCUT2D eigenvalue weighted by Crippen LogP contribution is -2.33. The van der Waals surface area contributed by atoms with Gasteiger partial charge in [-0.25, -0.2) is 9.97 Å². The maximum Gasteiger partial charge on any atom is 0.164 e. The second-order valence-corrected chi connectivity index (χ2v) is 5.70. The summed E-state index contributed by atoms with van der Waals surface area (Å²) in [5.41, 5.74) is 6.36. The minimum Gasteiger partial charge on any atom is -0.387 e. The third-order valence-electron chi connectivity index (χ3n) is 3.53. The molecule has 1 aliphatic rings. The number of fused-ring (bicyclic) bond motifs is 1. The molecular formula is C12H15BrN4O4. The molecule has 0 saturated carbocycles. The van der Waals surface area contributed by atoms with E-state index < -0.39 is 24.5 Å². The Morgan fingerprint density at radius 2 is 2.19 bits per heavy atom. The predicted octanol–water partition coefficient (Wildman–Crippen LogP) is 0.0416. The summed E-state index contributed by atoms with van der Waals surface area (Å²) in [7, 11) is 1.51. The largest absolute Gasteiger partial charge is 0.387 e. The molecule has 0 radical (unpaired) electrons. The van der Waals surface area contributed by atoms with Crippen LogP contribution in [0.25, 0.3) is 11.0 Å². The van der Waals surface area contributed by atoms with Gasteiger partial charge >= 0.3 is 0 Å². The number of ether oxygens (including phenoxy) is 2. The SMILES string of the molecule is COC[C@H]1O[C@@H](n2cc(Br)c3c(N)ncnc32)[C@@H](O)[C@H]1O. The van der Waals surface area contributed by atoms with E-state index in [2.05, 4.69) is 25.9 Å². The molecule has 1 fully saturated rings. The van der Waals surface area contributed by atoms with Gasteiger partial charge in [0.2, 0.25) is 0 Å². The third-order valence-corrected chi connectivity index (χ3v) is 4.14. The quantitative estimate of drug-likeness (QED) is 0.709. The van der Waals surface area contributed by atoms with E-state index in [4.69, 9.17) is 15.2 Å². The zero-order chi connectivity index (χ0) is 15.1. The van der Waals surface area contributed by atoms with Crippen LogP contribution >= 0.6 is 15.9 Å². The summed E-state index contributed by atoms with van der Waals surface area (Å²) in [6.07, 6.45) is -0.473. The number of nitrogens with zero attached hydrogens (tertiary/aromatic N) is 3. The topological polar surface area (TPSA) is 116 Å². The van der Waals surface area contributed by atoms with Crippen LogP contribution in [0.1, 0.15) is 6.23 Å². The Morgan fingerprint density at radius 1 is 1.43 bits per heavy atom. The smallest absolute Gasteiger partial charge is 0.164 e. The first-order valence-electron chi connectivity index (χ1n) is 6.31. The number of rotatable bonds is 3. The highest BCUT2D eigenvalue weighted by Crippen LogP contribution is 2.36. The van der Waals surface area contributed by atoms with Crippen molar-refractivity contribution in [2.75, 3.05) is 19.5 Å². The summed E-state index contributed by atoms with van der Waals surface area (Å²) in [6.45, 7) is 0.187. The van der Waals surface area contributed by atoms with Crippen molar-refractivity contribution < 1.29 is 19.7 Å². The van der Waals surface area contributed by atoms with Crippen molar-refractivity contribution in [1.29, 1.82) is 0 Å². The van der Waals surface area contributed by atoms with Crippen LogP contribution in [0.2, 0.25) is 0 Å². The van der Waals surface area contributed by atoms with Crippen LogP contribution in [0.15, 0.2) is 17.0 Å². The van der Waals surface area contributed by atoms with Crippen LogP contribution in [0.5, 0.6) is 0 Å². The van der Waals surface area contributed by atoms with Gasteiger partial charge in [0.1, 0.15) is 36.1 Å². The molecule has 1 saturated heterocycles. The van der Waals surface area contributed by atoms with Gasteiger partial charge in [-0.2, -0.15) is 0 Å². The van der Waals surface area contributed by atoms with Crippen molar-refractivity contribution in [2.45, 2.75) is 24.5 Å². The molecule has 0 amide bonds. The highest BCUT2D eigenvalue weighted by Gasteiger charge is 2.44. The van der Waals surface area contributed by atoms with Crippen molar-refractivity contribution >= 4 is 32.8 Å². The highest BCUT2D eigenvalue weighted by atomic mass is 79.9. The normalized spacial score (nSPS) is 29.3. The summed E-state index contributed by atoms with van der Waals surface area (Å²) in [5, 5.41) is 20.9. The average Bonchev–Trinajstić information content (AvgIpc) is 2.93. The number of nitrogen functional groups attached to an aromatic ring is 1. The monoisotopic (exact) mass is 358 g/mol. The van der Waals surface area contributed by atoms with Gasteiger partial charge in [0.25, 0.3) is 0 Å². The predicted molar refractivity (Wildman–Crippen MR) is 77.4 cm³/mol. The van der Waals surface area contributed by atoms with E-state index in [-0.39, 0.29) is 6.61 Å². The Balaban J connectivity index is 2.03. The zero-order valence-electron chi connectivity index (χ0n) is 11.2. The van der Waals surface area contributed by atoms with Crippen LogP contribution in [-0.2, 0) is 9.47 Å². The van der Waals surface area contributed by atoms with E-state index in [1.54, 1.807) is 10.8 Å². The Morgan fingerprint density at radius 3 is 2.90 bits per heavy atom. The van der Waals surface area contributed by atoms with Gasteiger partial charge in [-0.05, 0) is 15.9 Å². The molecule has 0 aromatic carbocycles. The van der Waals surface area contributed by atoms with E-state index >= 15 is 0 Å². The van der Waals surface area contributed by atoms with Crippen LogP contribution in [0, 0.1) is 0 Å². The number of halogens is 1.